The van der Waals surface area contributed by atoms with Gasteiger partial charge < -0.3 is 10.5 Å². The fourth-order valence-electron chi connectivity index (χ4n) is 2.68. The second-order valence-corrected chi connectivity index (χ2v) is 5.76. The van der Waals surface area contributed by atoms with Gasteiger partial charge >= 0.3 is 0 Å². The van der Waals surface area contributed by atoms with Crippen LogP contribution in [0.25, 0.3) is 0 Å². The highest BCUT2D eigenvalue weighted by Gasteiger charge is 2.15. The van der Waals surface area contributed by atoms with Crippen molar-refractivity contribution >= 4 is 5.91 Å². The summed E-state index contributed by atoms with van der Waals surface area (Å²) < 4.78 is 5.93. The zero-order valence-corrected chi connectivity index (χ0v) is 14.1. The molecule has 0 radical (unpaired) electrons. The molecule has 126 valence electrons. The van der Waals surface area contributed by atoms with Crippen molar-refractivity contribution in [2.24, 2.45) is 5.73 Å². The Kier molecular flexibility index (Phi) is 5.09. The van der Waals surface area contributed by atoms with Crippen LogP contribution in [-0.2, 0) is 12.8 Å². The van der Waals surface area contributed by atoms with Crippen LogP contribution in [0, 0.1) is 0 Å². The largest absolute Gasteiger partial charge is 0.455 e. The van der Waals surface area contributed by atoms with Crippen LogP contribution in [-0.4, -0.2) is 10.9 Å². The van der Waals surface area contributed by atoms with E-state index in [9.17, 15) is 4.79 Å². The molecule has 0 aliphatic carbocycles. The first-order valence-corrected chi connectivity index (χ1v) is 8.25. The first-order chi connectivity index (χ1) is 12.2. The smallest absolute Gasteiger partial charge is 0.252 e. The van der Waals surface area contributed by atoms with E-state index in [-0.39, 0.29) is 0 Å². The van der Waals surface area contributed by atoms with Gasteiger partial charge in [0.1, 0.15) is 5.75 Å². The van der Waals surface area contributed by atoms with Gasteiger partial charge in [0.2, 0.25) is 0 Å². The fraction of sp³-hybridized carbons (Fsp3) is 0.143. The standard InChI is InChI=1S/C21H20N2O2/c1-2-19-20(18(21(22)24)12-13-23-19)25-17-10-8-16(9-11-17)14-15-6-4-3-5-7-15/h3-13H,2,14H2,1H3,(H2,22,24). The lowest BCUT2D eigenvalue weighted by molar-refractivity contribution is 0.0998. The molecule has 0 unspecified atom stereocenters. The number of benzene rings is 2. The summed E-state index contributed by atoms with van der Waals surface area (Å²) in [5, 5.41) is 0. The number of nitrogens with two attached hydrogens (primary N) is 1. The van der Waals surface area contributed by atoms with E-state index in [0.717, 1.165) is 6.42 Å². The van der Waals surface area contributed by atoms with E-state index in [0.29, 0.717) is 29.2 Å². The minimum absolute atomic E-state index is 0.347. The molecule has 1 aromatic heterocycles. The van der Waals surface area contributed by atoms with Crippen molar-refractivity contribution in [3.63, 3.8) is 0 Å². The van der Waals surface area contributed by atoms with Crippen LogP contribution in [0.15, 0.2) is 66.9 Å². The van der Waals surface area contributed by atoms with Crippen LogP contribution in [0.2, 0.25) is 0 Å². The molecular weight excluding hydrogens is 312 g/mol. The van der Waals surface area contributed by atoms with Crippen LogP contribution in [0.3, 0.4) is 0 Å². The van der Waals surface area contributed by atoms with Gasteiger partial charge in [-0.3, -0.25) is 9.78 Å². The number of ether oxygens (including phenoxy) is 1. The lowest BCUT2D eigenvalue weighted by Crippen LogP contribution is -2.13. The molecule has 0 aliphatic heterocycles. The lowest BCUT2D eigenvalue weighted by Gasteiger charge is -2.13. The van der Waals surface area contributed by atoms with Crippen molar-refractivity contribution in [2.75, 3.05) is 0 Å². The molecule has 2 N–H and O–H groups in total. The van der Waals surface area contributed by atoms with Gasteiger partial charge in [-0.05, 0) is 42.2 Å². The third kappa shape index (κ3) is 4.04. The minimum Gasteiger partial charge on any atom is -0.455 e. The summed E-state index contributed by atoms with van der Waals surface area (Å²) in [4.78, 5) is 15.9. The third-order valence-corrected chi connectivity index (χ3v) is 3.97. The molecule has 0 spiro atoms. The monoisotopic (exact) mass is 332 g/mol. The number of amides is 1. The number of rotatable bonds is 6. The quantitative estimate of drug-likeness (QED) is 0.738. The molecule has 0 bridgehead atoms. The summed E-state index contributed by atoms with van der Waals surface area (Å²) in [6.45, 7) is 1.96. The average molecular weight is 332 g/mol. The Labute approximate surface area is 147 Å². The van der Waals surface area contributed by atoms with Crippen LogP contribution < -0.4 is 10.5 Å². The molecular formula is C21H20N2O2. The van der Waals surface area contributed by atoms with Gasteiger partial charge in [-0.25, -0.2) is 0 Å². The molecule has 0 saturated carbocycles. The van der Waals surface area contributed by atoms with Gasteiger partial charge in [0.15, 0.2) is 5.75 Å². The third-order valence-electron chi connectivity index (χ3n) is 3.97. The predicted octanol–water partition coefficient (Wildman–Crippen LogP) is 4.13. The maximum Gasteiger partial charge on any atom is 0.252 e. The Morgan fingerprint density at radius 2 is 1.68 bits per heavy atom. The number of carbonyl (C=O) groups is 1. The van der Waals surface area contributed by atoms with E-state index in [1.807, 2.05) is 49.4 Å². The Bertz CT molecular complexity index is 859. The van der Waals surface area contributed by atoms with Crippen molar-refractivity contribution in [1.82, 2.24) is 4.98 Å². The van der Waals surface area contributed by atoms with Crippen molar-refractivity contribution in [1.29, 1.82) is 0 Å². The summed E-state index contributed by atoms with van der Waals surface area (Å²) in [7, 11) is 0. The molecule has 2 aromatic carbocycles. The van der Waals surface area contributed by atoms with E-state index in [1.165, 1.54) is 11.1 Å². The fourth-order valence-corrected chi connectivity index (χ4v) is 2.68. The molecule has 25 heavy (non-hydrogen) atoms. The number of carbonyl (C=O) groups excluding carboxylic acids is 1. The second kappa shape index (κ2) is 7.62. The number of nitrogens with zero attached hydrogens (tertiary/aromatic N) is 1. The lowest BCUT2D eigenvalue weighted by atomic mass is 10.1. The summed E-state index contributed by atoms with van der Waals surface area (Å²) in [6, 6.07) is 19.7. The number of aromatic nitrogens is 1. The summed E-state index contributed by atoms with van der Waals surface area (Å²) in [5.74, 6) is 0.572. The van der Waals surface area contributed by atoms with E-state index in [2.05, 4.69) is 17.1 Å². The van der Waals surface area contributed by atoms with Crippen LogP contribution in [0.1, 0.15) is 34.1 Å². The van der Waals surface area contributed by atoms with Crippen molar-refractivity contribution in [2.45, 2.75) is 19.8 Å². The molecule has 0 aliphatic rings. The normalized spacial score (nSPS) is 10.4. The van der Waals surface area contributed by atoms with E-state index >= 15 is 0 Å². The van der Waals surface area contributed by atoms with Gasteiger partial charge in [-0.15, -0.1) is 0 Å². The molecule has 1 heterocycles. The van der Waals surface area contributed by atoms with Gasteiger partial charge in [-0.1, -0.05) is 49.4 Å². The molecule has 4 nitrogen and oxygen atoms in total. The van der Waals surface area contributed by atoms with Gasteiger partial charge in [0, 0.05) is 6.20 Å². The van der Waals surface area contributed by atoms with Crippen LogP contribution in [0.4, 0.5) is 0 Å². The highest BCUT2D eigenvalue weighted by molar-refractivity contribution is 5.95. The van der Waals surface area contributed by atoms with Crippen molar-refractivity contribution in [3.05, 3.63) is 89.2 Å². The topological polar surface area (TPSA) is 65.2 Å². The average Bonchev–Trinajstić information content (AvgIpc) is 2.64. The molecule has 0 atom stereocenters. The Balaban J connectivity index is 1.81. The Morgan fingerprint density at radius 1 is 1.00 bits per heavy atom. The van der Waals surface area contributed by atoms with Gasteiger partial charge in [0.25, 0.3) is 5.91 Å². The van der Waals surface area contributed by atoms with E-state index < -0.39 is 5.91 Å². The van der Waals surface area contributed by atoms with Crippen LogP contribution in [0.5, 0.6) is 11.5 Å². The molecule has 3 aromatic rings. The minimum atomic E-state index is -0.521. The number of pyridine rings is 1. The zero-order chi connectivity index (χ0) is 17.6. The highest BCUT2D eigenvalue weighted by atomic mass is 16.5. The molecule has 0 saturated heterocycles. The second-order valence-electron chi connectivity index (χ2n) is 5.76. The van der Waals surface area contributed by atoms with Crippen molar-refractivity contribution < 1.29 is 9.53 Å². The van der Waals surface area contributed by atoms with Gasteiger partial charge in [0.05, 0.1) is 11.3 Å². The maximum absolute atomic E-state index is 11.7. The first-order valence-electron chi connectivity index (χ1n) is 8.25. The SMILES string of the molecule is CCc1nccc(C(N)=O)c1Oc1ccc(Cc2ccccc2)cc1. The predicted molar refractivity (Wildman–Crippen MR) is 97.9 cm³/mol. The first kappa shape index (κ1) is 16.7. The van der Waals surface area contributed by atoms with Crippen LogP contribution >= 0.6 is 0 Å². The molecule has 3 rings (SSSR count). The van der Waals surface area contributed by atoms with E-state index in [1.54, 1.807) is 12.3 Å². The zero-order valence-electron chi connectivity index (χ0n) is 14.1. The van der Waals surface area contributed by atoms with E-state index in [4.69, 9.17) is 10.5 Å². The number of aryl methyl sites for hydroxylation is 1. The number of hydrogen-bond acceptors (Lipinski definition) is 3. The number of hydrogen-bond donors (Lipinski definition) is 1. The summed E-state index contributed by atoms with van der Waals surface area (Å²) in [6.07, 6.45) is 3.10. The van der Waals surface area contributed by atoms with Gasteiger partial charge in [-0.2, -0.15) is 0 Å². The maximum atomic E-state index is 11.7. The Hall–Kier alpha value is -3.14. The highest BCUT2D eigenvalue weighted by Crippen LogP contribution is 2.28. The summed E-state index contributed by atoms with van der Waals surface area (Å²) >= 11 is 0. The molecule has 1 amide bonds. The molecule has 4 heteroatoms. The molecule has 0 fully saturated rings. The number of primary amides is 1. The Morgan fingerprint density at radius 3 is 2.32 bits per heavy atom. The summed E-state index contributed by atoms with van der Waals surface area (Å²) in [5.41, 5.74) is 8.96. The van der Waals surface area contributed by atoms with Crippen molar-refractivity contribution in [3.8, 4) is 11.5 Å².